The van der Waals surface area contributed by atoms with Crippen molar-refractivity contribution in [1.29, 1.82) is 0 Å². The second-order valence-corrected chi connectivity index (χ2v) is 2.66. The fraction of sp³-hybridized carbons (Fsp3) is 1.00. The average Bonchev–Trinajstić information content (AvgIpc) is 1.83. The van der Waals surface area contributed by atoms with Crippen molar-refractivity contribution in [2.45, 2.75) is 25.7 Å². The summed E-state index contributed by atoms with van der Waals surface area (Å²) in [6.45, 7) is 2.74. The smallest absolute Gasteiger partial charge is 0.131 e. The number of aliphatic hydroxyl groups excluding tert-OH is 2. The molecular formula is C6H13NO2. The molecule has 1 saturated heterocycles. The molecule has 0 aliphatic carbocycles. The van der Waals surface area contributed by atoms with E-state index in [9.17, 15) is 0 Å². The SMILES string of the molecule is CC1CCNC(O)C1O. The lowest BCUT2D eigenvalue weighted by atomic mass is 9.96. The van der Waals surface area contributed by atoms with Crippen molar-refractivity contribution in [2.75, 3.05) is 6.54 Å². The van der Waals surface area contributed by atoms with Gasteiger partial charge in [0.15, 0.2) is 0 Å². The van der Waals surface area contributed by atoms with Crippen LogP contribution >= 0.6 is 0 Å². The number of rotatable bonds is 0. The first-order valence-corrected chi connectivity index (χ1v) is 3.31. The van der Waals surface area contributed by atoms with Gasteiger partial charge in [0.2, 0.25) is 0 Å². The molecule has 1 fully saturated rings. The van der Waals surface area contributed by atoms with Crippen molar-refractivity contribution in [2.24, 2.45) is 5.92 Å². The van der Waals surface area contributed by atoms with Gasteiger partial charge in [-0.25, -0.2) is 0 Å². The number of aliphatic hydroxyl groups is 2. The number of hydrogen-bond donors (Lipinski definition) is 3. The third kappa shape index (κ3) is 1.41. The van der Waals surface area contributed by atoms with E-state index in [1.54, 1.807) is 0 Å². The molecule has 1 rings (SSSR count). The second-order valence-electron chi connectivity index (χ2n) is 2.66. The van der Waals surface area contributed by atoms with E-state index in [2.05, 4.69) is 5.32 Å². The molecule has 0 aromatic heterocycles. The van der Waals surface area contributed by atoms with Gasteiger partial charge in [-0.05, 0) is 18.9 Å². The summed E-state index contributed by atoms with van der Waals surface area (Å²) in [5.74, 6) is 0.223. The summed E-state index contributed by atoms with van der Waals surface area (Å²) < 4.78 is 0. The van der Waals surface area contributed by atoms with Crippen LogP contribution in [-0.2, 0) is 0 Å². The molecule has 3 atom stereocenters. The molecule has 0 aromatic rings. The molecule has 0 spiro atoms. The molecule has 0 bridgehead atoms. The maximum atomic E-state index is 9.13. The summed E-state index contributed by atoms with van der Waals surface area (Å²) in [6.07, 6.45) is -0.356. The number of hydrogen-bond acceptors (Lipinski definition) is 3. The second kappa shape index (κ2) is 2.64. The largest absolute Gasteiger partial charge is 0.389 e. The zero-order valence-corrected chi connectivity index (χ0v) is 5.54. The maximum Gasteiger partial charge on any atom is 0.131 e. The minimum absolute atomic E-state index is 0.223. The molecule has 3 heteroatoms. The molecular weight excluding hydrogens is 118 g/mol. The van der Waals surface area contributed by atoms with Gasteiger partial charge in [-0.1, -0.05) is 6.92 Å². The van der Waals surface area contributed by atoms with Gasteiger partial charge in [0.1, 0.15) is 6.23 Å². The fourth-order valence-corrected chi connectivity index (χ4v) is 1.06. The van der Waals surface area contributed by atoms with Crippen LogP contribution in [-0.4, -0.2) is 29.1 Å². The van der Waals surface area contributed by atoms with Crippen molar-refractivity contribution >= 4 is 0 Å². The molecule has 0 saturated carbocycles. The minimum atomic E-state index is -0.714. The van der Waals surface area contributed by atoms with Gasteiger partial charge in [-0.15, -0.1) is 0 Å². The molecule has 9 heavy (non-hydrogen) atoms. The Balaban J connectivity index is 2.41. The molecule has 0 radical (unpaired) electrons. The lowest BCUT2D eigenvalue weighted by Crippen LogP contribution is -2.48. The molecule has 1 heterocycles. The monoisotopic (exact) mass is 131 g/mol. The van der Waals surface area contributed by atoms with E-state index in [-0.39, 0.29) is 5.92 Å². The summed E-state index contributed by atoms with van der Waals surface area (Å²) in [5, 5.41) is 20.9. The Labute approximate surface area is 54.7 Å². The fourth-order valence-electron chi connectivity index (χ4n) is 1.06. The van der Waals surface area contributed by atoms with Crippen molar-refractivity contribution in [1.82, 2.24) is 5.32 Å². The third-order valence-electron chi connectivity index (χ3n) is 1.86. The van der Waals surface area contributed by atoms with Crippen molar-refractivity contribution in [3.05, 3.63) is 0 Å². The number of piperidine rings is 1. The molecule has 0 aromatic carbocycles. The Kier molecular flexibility index (Phi) is 2.05. The van der Waals surface area contributed by atoms with E-state index in [4.69, 9.17) is 10.2 Å². The first-order chi connectivity index (χ1) is 4.22. The molecule has 1 aliphatic heterocycles. The van der Waals surface area contributed by atoms with Gasteiger partial charge in [-0.3, -0.25) is 5.32 Å². The van der Waals surface area contributed by atoms with E-state index in [0.29, 0.717) is 0 Å². The third-order valence-corrected chi connectivity index (χ3v) is 1.86. The Morgan fingerprint density at radius 3 is 2.56 bits per heavy atom. The van der Waals surface area contributed by atoms with Gasteiger partial charge in [-0.2, -0.15) is 0 Å². The van der Waals surface area contributed by atoms with Crippen LogP contribution in [0.1, 0.15) is 13.3 Å². The van der Waals surface area contributed by atoms with E-state index in [1.807, 2.05) is 6.92 Å². The van der Waals surface area contributed by atoms with E-state index >= 15 is 0 Å². The first kappa shape index (κ1) is 6.99. The minimum Gasteiger partial charge on any atom is -0.389 e. The molecule has 3 nitrogen and oxygen atoms in total. The lowest BCUT2D eigenvalue weighted by Gasteiger charge is -2.29. The summed E-state index contributed by atoms with van der Waals surface area (Å²) >= 11 is 0. The Bertz CT molecular complexity index is 87.1. The van der Waals surface area contributed by atoms with Gasteiger partial charge >= 0.3 is 0 Å². The van der Waals surface area contributed by atoms with Crippen molar-refractivity contribution in [3.63, 3.8) is 0 Å². The zero-order valence-electron chi connectivity index (χ0n) is 5.54. The van der Waals surface area contributed by atoms with Crippen molar-refractivity contribution in [3.8, 4) is 0 Å². The Morgan fingerprint density at radius 1 is 1.44 bits per heavy atom. The molecule has 3 N–H and O–H groups in total. The average molecular weight is 131 g/mol. The topological polar surface area (TPSA) is 52.5 Å². The first-order valence-electron chi connectivity index (χ1n) is 3.31. The van der Waals surface area contributed by atoms with Crippen LogP contribution in [0.2, 0.25) is 0 Å². The van der Waals surface area contributed by atoms with Crippen LogP contribution in [0.4, 0.5) is 0 Å². The van der Waals surface area contributed by atoms with Crippen LogP contribution in [0.3, 0.4) is 0 Å². The predicted molar refractivity (Wildman–Crippen MR) is 33.8 cm³/mol. The van der Waals surface area contributed by atoms with Crippen LogP contribution in [0.15, 0.2) is 0 Å². The summed E-state index contributed by atoms with van der Waals surface area (Å²) in [4.78, 5) is 0. The van der Waals surface area contributed by atoms with E-state index in [1.165, 1.54) is 0 Å². The highest BCUT2D eigenvalue weighted by Crippen LogP contribution is 2.13. The van der Waals surface area contributed by atoms with E-state index in [0.717, 1.165) is 13.0 Å². The maximum absolute atomic E-state index is 9.13. The lowest BCUT2D eigenvalue weighted by molar-refractivity contribution is -0.0514. The van der Waals surface area contributed by atoms with E-state index < -0.39 is 12.3 Å². The standard InChI is InChI=1S/C6H13NO2/c1-4-2-3-7-6(9)5(4)8/h4-9H,2-3H2,1H3. The normalized spacial score (nSPS) is 45.0. The number of nitrogens with one attached hydrogen (secondary N) is 1. The summed E-state index contributed by atoms with van der Waals surface area (Å²) in [7, 11) is 0. The molecule has 54 valence electrons. The molecule has 1 aliphatic rings. The van der Waals surface area contributed by atoms with Crippen LogP contribution in [0, 0.1) is 5.92 Å². The van der Waals surface area contributed by atoms with Crippen molar-refractivity contribution < 1.29 is 10.2 Å². The van der Waals surface area contributed by atoms with Gasteiger partial charge in [0, 0.05) is 0 Å². The van der Waals surface area contributed by atoms with Crippen LogP contribution in [0.5, 0.6) is 0 Å². The van der Waals surface area contributed by atoms with Gasteiger partial charge in [0.25, 0.3) is 0 Å². The summed E-state index contributed by atoms with van der Waals surface area (Å²) in [5.41, 5.74) is 0. The van der Waals surface area contributed by atoms with Gasteiger partial charge < -0.3 is 10.2 Å². The Hall–Kier alpha value is -0.120. The van der Waals surface area contributed by atoms with Crippen LogP contribution in [0.25, 0.3) is 0 Å². The van der Waals surface area contributed by atoms with Crippen LogP contribution < -0.4 is 5.32 Å². The van der Waals surface area contributed by atoms with Gasteiger partial charge in [0.05, 0.1) is 6.10 Å². The predicted octanol–water partition coefficient (Wildman–Crippen LogP) is -0.705. The highest BCUT2D eigenvalue weighted by Gasteiger charge is 2.26. The quantitative estimate of drug-likeness (QED) is 0.407. The molecule has 3 unspecified atom stereocenters. The highest BCUT2D eigenvalue weighted by atomic mass is 16.3. The summed E-state index contributed by atoms with van der Waals surface area (Å²) in [6, 6.07) is 0. The zero-order chi connectivity index (χ0) is 6.85. The highest BCUT2D eigenvalue weighted by molar-refractivity contribution is 4.77. The molecule has 0 amide bonds. The Morgan fingerprint density at radius 2 is 2.11 bits per heavy atom.